The molecule has 0 atom stereocenters. The summed E-state index contributed by atoms with van der Waals surface area (Å²) in [6.45, 7) is 4.14. The van der Waals surface area contributed by atoms with Gasteiger partial charge in [-0.05, 0) is 26.0 Å². The monoisotopic (exact) mass is 285 g/mol. The first-order valence-electron chi connectivity index (χ1n) is 6.34. The fraction of sp³-hybridized carbons (Fsp3) is 0.500. The molecule has 0 saturated heterocycles. The van der Waals surface area contributed by atoms with Gasteiger partial charge in [-0.25, -0.2) is 4.39 Å². The highest BCUT2D eigenvalue weighted by molar-refractivity contribution is 7.99. The third kappa shape index (κ3) is 5.20. The van der Waals surface area contributed by atoms with Crippen LogP contribution in [0.15, 0.2) is 29.2 Å². The summed E-state index contributed by atoms with van der Waals surface area (Å²) in [7, 11) is 0. The Bertz CT molecular complexity index is 412. The van der Waals surface area contributed by atoms with Crippen molar-refractivity contribution in [1.29, 1.82) is 0 Å². The predicted octanol–water partition coefficient (Wildman–Crippen LogP) is 2.54. The van der Waals surface area contributed by atoms with E-state index in [2.05, 4.69) is 0 Å². The average molecular weight is 285 g/mol. The van der Waals surface area contributed by atoms with Gasteiger partial charge in [0.05, 0.1) is 6.61 Å². The molecule has 1 rings (SSSR count). The summed E-state index contributed by atoms with van der Waals surface area (Å²) in [5.74, 6) is 0.276. The number of amides is 1. The summed E-state index contributed by atoms with van der Waals surface area (Å²) in [5, 5.41) is 8.93. The van der Waals surface area contributed by atoms with Crippen molar-refractivity contribution in [2.24, 2.45) is 0 Å². The number of aliphatic hydroxyl groups is 1. The Kier molecular flexibility index (Phi) is 6.87. The first kappa shape index (κ1) is 16.0. The van der Waals surface area contributed by atoms with Crippen LogP contribution in [0.3, 0.4) is 0 Å². The number of hydrogen-bond donors (Lipinski definition) is 1. The van der Waals surface area contributed by atoms with Gasteiger partial charge in [-0.1, -0.05) is 12.1 Å². The lowest BCUT2D eigenvalue weighted by atomic mass is 10.3. The molecule has 0 aliphatic heterocycles. The topological polar surface area (TPSA) is 40.5 Å². The van der Waals surface area contributed by atoms with E-state index in [9.17, 15) is 9.18 Å². The molecule has 0 fully saturated rings. The Morgan fingerprint density at radius 1 is 1.42 bits per heavy atom. The zero-order chi connectivity index (χ0) is 14.3. The fourth-order valence-electron chi connectivity index (χ4n) is 1.73. The van der Waals surface area contributed by atoms with Gasteiger partial charge in [-0.3, -0.25) is 4.79 Å². The van der Waals surface area contributed by atoms with Crippen LogP contribution in [0.5, 0.6) is 0 Å². The molecule has 1 aromatic carbocycles. The van der Waals surface area contributed by atoms with Crippen LogP contribution in [0.25, 0.3) is 0 Å². The normalized spacial score (nSPS) is 10.8. The van der Waals surface area contributed by atoms with Crippen LogP contribution in [0.2, 0.25) is 0 Å². The van der Waals surface area contributed by atoms with Crippen LogP contribution in [0.4, 0.5) is 4.39 Å². The zero-order valence-corrected chi connectivity index (χ0v) is 12.1. The number of carbonyl (C=O) groups is 1. The van der Waals surface area contributed by atoms with Gasteiger partial charge in [-0.2, -0.15) is 0 Å². The van der Waals surface area contributed by atoms with Crippen LogP contribution in [-0.4, -0.2) is 40.9 Å². The number of nitrogens with zero attached hydrogens (tertiary/aromatic N) is 1. The Balaban J connectivity index is 2.44. The highest BCUT2D eigenvalue weighted by Gasteiger charge is 2.16. The summed E-state index contributed by atoms with van der Waals surface area (Å²) in [6.07, 6.45) is 0.344. The van der Waals surface area contributed by atoms with Crippen molar-refractivity contribution in [3.8, 4) is 0 Å². The summed E-state index contributed by atoms with van der Waals surface area (Å²) in [5.41, 5.74) is 0. The molecule has 0 spiro atoms. The van der Waals surface area contributed by atoms with Crippen molar-refractivity contribution in [3.63, 3.8) is 0 Å². The molecule has 0 unspecified atom stereocenters. The largest absolute Gasteiger partial charge is 0.395 e. The SMILES string of the molecule is CC(C)N(CCO)C(=O)CCSc1ccccc1F. The van der Waals surface area contributed by atoms with Crippen molar-refractivity contribution in [1.82, 2.24) is 4.90 Å². The molecule has 5 heteroatoms. The highest BCUT2D eigenvalue weighted by Crippen LogP contribution is 2.22. The quantitative estimate of drug-likeness (QED) is 0.783. The van der Waals surface area contributed by atoms with Crippen molar-refractivity contribution in [3.05, 3.63) is 30.1 Å². The van der Waals surface area contributed by atoms with E-state index in [1.165, 1.54) is 17.8 Å². The van der Waals surface area contributed by atoms with Crippen LogP contribution in [0.1, 0.15) is 20.3 Å². The number of rotatable bonds is 7. The molecule has 3 nitrogen and oxygen atoms in total. The maximum Gasteiger partial charge on any atom is 0.223 e. The van der Waals surface area contributed by atoms with Crippen molar-refractivity contribution < 1.29 is 14.3 Å². The lowest BCUT2D eigenvalue weighted by Crippen LogP contribution is -2.39. The summed E-state index contributed by atoms with van der Waals surface area (Å²) < 4.78 is 13.4. The van der Waals surface area contributed by atoms with E-state index in [1.807, 2.05) is 13.8 Å². The van der Waals surface area contributed by atoms with Crippen LogP contribution < -0.4 is 0 Å². The van der Waals surface area contributed by atoms with Gasteiger partial charge in [0.2, 0.25) is 5.91 Å². The zero-order valence-electron chi connectivity index (χ0n) is 11.3. The highest BCUT2D eigenvalue weighted by atomic mass is 32.2. The molecule has 0 heterocycles. The Hall–Kier alpha value is -1.07. The summed E-state index contributed by atoms with van der Waals surface area (Å²) >= 11 is 1.34. The van der Waals surface area contributed by atoms with E-state index < -0.39 is 0 Å². The van der Waals surface area contributed by atoms with E-state index in [0.717, 1.165) is 0 Å². The second-order valence-electron chi connectivity index (χ2n) is 4.43. The molecule has 1 amide bonds. The van der Waals surface area contributed by atoms with Gasteiger partial charge in [0.25, 0.3) is 0 Å². The molecule has 0 bridgehead atoms. The van der Waals surface area contributed by atoms with Crippen LogP contribution >= 0.6 is 11.8 Å². The van der Waals surface area contributed by atoms with E-state index >= 15 is 0 Å². The molecular weight excluding hydrogens is 265 g/mol. The standard InChI is InChI=1S/C14H20FNO2S/c1-11(2)16(8-9-17)14(18)7-10-19-13-6-4-3-5-12(13)15/h3-6,11,17H,7-10H2,1-2H3. The molecule has 1 aromatic rings. The number of hydrogen-bond acceptors (Lipinski definition) is 3. The fourth-order valence-corrected chi connectivity index (χ4v) is 2.61. The van der Waals surface area contributed by atoms with Crippen LogP contribution in [0, 0.1) is 5.82 Å². The van der Waals surface area contributed by atoms with Gasteiger partial charge >= 0.3 is 0 Å². The summed E-state index contributed by atoms with van der Waals surface area (Å²) in [4.78, 5) is 14.2. The molecular formula is C14H20FNO2S. The lowest BCUT2D eigenvalue weighted by Gasteiger charge is -2.25. The second-order valence-corrected chi connectivity index (χ2v) is 5.57. The number of halogens is 1. The maximum atomic E-state index is 13.4. The molecule has 0 aliphatic carbocycles. The van der Waals surface area contributed by atoms with E-state index in [4.69, 9.17) is 5.11 Å². The van der Waals surface area contributed by atoms with E-state index in [1.54, 1.807) is 23.1 Å². The smallest absolute Gasteiger partial charge is 0.223 e. The van der Waals surface area contributed by atoms with Gasteiger partial charge < -0.3 is 10.0 Å². The van der Waals surface area contributed by atoms with E-state index in [0.29, 0.717) is 23.6 Å². The minimum atomic E-state index is -0.254. The third-order valence-corrected chi connectivity index (χ3v) is 3.75. The van der Waals surface area contributed by atoms with Crippen molar-refractivity contribution in [2.45, 2.75) is 31.2 Å². The number of aliphatic hydroxyl groups excluding tert-OH is 1. The first-order chi connectivity index (χ1) is 9.06. The van der Waals surface area contributed by atoms with Crippen molar-refractivity contribution in [2.75, 3.05) is 18.9 Å². The van der Waals surface area contributed by atoms with Crippen molar-refractivity contribution >= 4 is 17.7 Å². The van der Waals surface area contributed by atoms with Gasteiger partial charge in [0.15, 0.2) is 0 Å². The average Bonchev–Trinajstić information content (AvgIpc) is 2.37. The third-order valence-electron chi connectivity index (χ3n) is 2.69. The van der Waals surface area contributed by atoms with Gasteiger partial charge in [0, 0.05) is 29.7 Å². The van der Waals surface area contributed by atoms with Gasteiger partial charge in [0.1, 0.15) is 5.82 Å². The summed E-state index contributed by atoms with van der Waals surface area (Å²) in [6, 6.07) is 6.61. The number of thioether (sulfide) groups is 1. The lowest BCUT2D eigenvalue weighted by molar-refractivity contribution is -0.132. The molecule has 106 valence electrons. The molecule has 1 N–H and O–H groups in total. The minimum absolute atomic E-state index is 0.00658. The molecule has 0 radical (unpaired) electrons. The number of carbonyl (C=O) groups excluding carboxylic acids is 1. The maximum absolute atomic E-state index is 13.4. The Morgan fingerprint density at radius 2 is 2.11 bits per heavy atom. The Labute approximate surface area is 117 Å². The van der Waals surface area contributed by atoms with Crippen LogP contribution in [-0.2, 0) is 4.79 Å². The minimum Gasteiger partial charge on any atom is -0.395 e. The predicted molar refractivity (Wildman–Crippen MR) is 75.7 cm³/mol. The first-order valence-corrected chi connectivity index (χ1v) is 7.32. The Morgan fingerprint density at radius 3 is 2.68 bits per heavy atom. The molecule has 0 saturated carbocycles. The van der Waals surface area contributed by atoms with Gasteiger partial charge in [-0.15, -0.1) is 11.8 Å². The molecule has 0 aliphatic rings. The molecule has 0 aromatic heterocycles. The second kappa shape index (κ2) is 8.17. The van der Waals surface area contributed by atoms with E-state index in [-0.39, 0.29) is 24.4 Å². The number of benzene rings is 1. The molecule has 19 heavy (non-hydrogen) atoms.